The summed E-state index contributed by atoms with van der Waals surface area (Å²) in [6.45, 7) is 0.468. The van der Waals surface area contributed by atoms with E-state index in [0.717, 1.165) is 5.56 Å². The lowest BCUT2D eigenvalue weighted by Crippen LogP contribution is -2.28. The van der Waals surface area contributed by atoms with Crippen molar-refractivity contribution in [2.45, 2.75) is 6.54 Å². The van der Waals surface area contributed by atoms with E-state index in [1.807, 2.05) is 24.3 Å². The Hall–Kier alpha value is -2.64. The summed E-state index contributed by atoms with van der Waals surface area (Å²) < 4.78 is 6.49. The molecule has 6 nitrogen and oxygen atoms in total. The van der Waals surface area contributed by atoms with Crippen LogP contribution in [0.2, 0.25) is 0 Å². The molecule has 130 valence electrons. The van der Waals surface area contributed by atoms with Gasteiger partial charge in [-0.25, -0.2) is 0 Å². The zero-order valence-electron chi connectivity index (χ0n) is 13.7. The summed E-state index contributed by atoms with van der Waals surface area (Å²) in [6, 6.07) is 12.5. The first-order valence-corrected chi connectivity index (χ1v) is 8.32. The second-order valence-electron chi connectivity index (χ2n) is 5.12. The number of nitrogens with two attached hydrogens (primary N) is 1. The molecule has 0 radical (unpaired) electrons. The second-order valence-corrected chi connectivity index (χ2v) is 6.03. The highest BCUT2D eigenvalue weighted by Crippen LogP contribution is 2.26. The zero-order valence-corrected chi connectivity index (χ0v) is 15.3. The van der Waals surface area contributed by atoms with Crippen LogP contribution in [-0.2, 0) is 6.54 Å². The minimum atomic E-state index is -0.393. The molecular formula is C18H19BrN4O2. The molecule has 0 fully saturated rings. The average Bonchev–Trinajstić information content (AvgIpc) is 2.60. The fraction of sp³-hybridized carbons (Fsp3) is 0.111. The molecule has 2 rings (SSSR count). The number of rotatable bonds is 6. The zero-order chi connectivity index (χ0) is 18.2. The molecule has 0 saturated carbocycles. The molecule has 5 N–H and O–H groups in total. The third-order valence-electron chi connectivity index (χ3n) is 3.19. The minimum Gasteiger partial charge on any atom is -0.457 e. The summed E-state index contributed by atoms with van der Waals surface area (Å²) in [4.78, 5) is 12.3. The van der Waals surface area contributed by atoms with Gasteiger partial charge in [-0.15, -0.1) is 0 Å². The lowest BCUT2D eigenvalue weighted by Gasteiger charge is -2.10. The van der Waals surface area contributed by atoms with Gasteiger partial charge >= 0.3 is 0 Å². The molecule has 0 unspecified atom stereocenters. The standard InChI is InChI=1S/C18H19BrN4O2/c1-22-7-6-17(21)23-18(24)13-8-14(19)10-16(9-13)25-15-4-2-12(11-20)3-5-15/h2-10,22H,11,20H2,1H3,(H2,21,23,24)/b7-6-. The van der Waals surface area contributed by atoms with Crippen molar-refractivity contribution >= 4 is 27.7 Å². The van der Waals surface area contributed by atoms with E-state index in [9.17, 15) is 4.79 Å². The molecule has 0 atom stereocenters. The molecule has 0 aliphatic rings. The van der Waals surface area contributed by atoms with Gasteiger partial charge in [0.25, 0.3) is 5.91 Å². The van der Waals surface area contributed by atoms with Crippen molar-refractivity contribution in [2.24, 2.45) is 5.73 Å². The molecule has 1 amide bonds. The summed E-state index contributed by atoms with van der Waals surface area (Å²) >= 11 is 3.37. The number of hydrogen-bond donors (Lipinski definition) is 4. The van der Waals surface area contributed by atoms with Gasteiger partial charge in [0, 0.05) is 23.6 Å². The first-order valence-electron chi connectivity index (χ1n) is 7.53. The SMILES string of the molecule is CN/C=C\C(=N)NC(=O)c1cc(Br)cc(Oc2ccc(CN)cc2)c1. The number of nitrogens with one attached hydrogen (secondary N) is 3. The third-order valence-corrected chi connectivity index (χ3v) is 3.65. The maximum atomic E-state index is 12.3. The van der Waals surface area contributed by atoms with E-state index in [1.54, 1.807) is 31.4 Å². The number of amides is 1. The highest BCUT2D eigenvalue weighted by Gasteiger charge is 2.10. The predicted octanol–water partition coefficient (Wildman–Crippen LogP) is 3.14. The summed E-state index contributed by atoms with van der Waals surface area (Å²) in [5, 5.41) is 12.9. The maximum Gasteiger partial charge on any atom is 0.256 e. The predicted molar refractivity (Wildman–Crippen MR) is 102 cm³/mol. The molecule has 0 aliphatic carbocycles. The Morgan fingerprint density at radius 2 is 1.96 bits per heavy atom. The Bertz CT molecular complexity index is 788. The van der Waals surface area contributed by atoms with Gasteiger partial charge in [-0.3, -0.25) is 10.2 Å². The van der Waals surface area contributed by atoms with E-state index in [4.69, 9.17) is 15.9 Å². The molecule has 0 aliphatic heterocycles. The number of halogens is 1. The van der Waals surface area contributed by atoms with Crippen LogP contribution in [0.3, 0.4) is 0 Å². The number of amidine groups is 1. The lowest BCUT2D eigenvalue weighted by molar-refractivity contribution is 0.0976. The summed E-state index contributed by atoms with van der Waals surface area (Å²) in [7, 11) is 1.71. The van der Waals surface area contributed by atoms with Crippen LogP contribution in [0.25, 0.3) is 0 Å². The maximum absolute atomic E-state index is 12.3. The van der Waals surface area contributed by atoms with Crippen molar-refractivity contribution in [3.05, 3.63) is 70.3 Å². The van der Waals surface area contributed by atoms with Gasteiger partial charge in [-0.2, -0.15) is 0 Å². The van der Waals surface area contributed by atoms with E-state index in [1.165, 1.54) is 6.08 Å². The van der Waals surface area contributed by atoms with Crippen molar-refractivity contribution in [1.82, 2.24) is 10.6 Å². The minimum absolute atomic E-state index is 0.0147. The number of ether oxygens (including phenoxy) is 1. The molecule has 0 aromatic heterocycles. The number of carbonyl (C=O) groups excluding carboxylic acids is 1. The number of benzene rings is 2. The van der Waals surface area contributed by atoms with Crippen LogP contribution in [0.1, 0.15) is 15.9 Å². The highest BCUT2D eigenvalue weighted by atomic mass is 79.9. The monoisotopic (exact) mass is 402 g/mol. The Balaban J connectivity index is 2.14. The third kappa shape index (κ3) is 5.74. The van der Waals surface area contributed by atoms with Crippen LogP contribution >= 0.6 is 15.9 Å². The number of carbonyl (C=O) groups is 1. The highest BCUT2D eigenvalue weighted by molar-refractivity contribution is 9.10. The fourth-order valence-corrected chi connectivity index (χ4v) is 2.46. The molecule has 7 heteroatoms. The van der Waals surface area contributed by atoms with Gasteiger partial charge in [-0.1, -0.05) is 28.1 Å². The van der Waals surface area contributed by atoms with Gasteiger partial charge in [0.15, 0.2) is 0 Å². The quantitative estimate of drug-likeness (QED) is 0.440. The average molecular weight is 403 g/mol. The normalized spacial score (nSPS) is 10.5. The smallest absolute Gasteiger partial charge is 0.256 e. The first-order chi connectivity index (χ1) is 12.0. The Morgan fingerprint density at radius 1 is 1.24 bits per heavy atom. The van der Waals surface area contributed by atoms with Crippen molar-refractivity contribution in [3.63, 3.8) is 0 Å². The van der Waals surface area contributed by atoms with E-state index in [2.05, 4.69) is 26.6 Å². The van der Waals surface area contributed by atoms with Crippen LogP contribution in [0.5, 0.6) is 11.5 Å². The van der Waals surface area contributed by atoms with Crippen LogP contribution in [0.15, 0.2) is 59.2 Å². The second kappa shape index (κ2) is 9.00. The molecule has 0 spiro atoms. The van der Waals surface area contributed by atoms with Crippen molar-refractivity contribution < 1.29 is 9.53 Å². The molecule has 2 aromatic carbocycles. The van der Waals surface area contributed by atoms with E-state index < -0.39 is 5.91 Å². The summed E-state index contributed by atoms with van der Waals surface area (Å²) in [5.74, 6) is 0.748. The van der Waals surface area contributed by atoms with Crippen molar-refractivity contribution in [1.29, 1.82) is 5.41 Å². The Kier molecular flexibility index (Phi) is 6.73. The topological polar surface area (TPSA) is 100 Å². The molecule has 25 heavy (non-hydrogen) atoms. The van der Waals surface area contributed by atoms with Gasteiger partial charge < -0.3 is 21.1 Å². The van der Waals surface area contributed by atoms with Gasteiger partial charge in [-0.05, 0) is 48.2 Å². The molecule has 0 bridgehead atoms. The molecule has 0 heterocycles. The first kappa shape index (κ1) is 18.7. The van der Waals surface area contributed by atoms with Crippen LogP contribution in [0.4, 0.5) is 0 Å². The van der Waals surface area contributed by atoms with Gasteiger partial charge in [0.05, 0.1) is 0 Å². The molecule has 2 aromatic rings. The van der Waals surface area contributed by atoms with Crippen molar-refractivity contribution in [2.75, 3.05) is 7.05 Å². The van der Waals surface area contributed by atoms with Crippen LogP contribution in [0, 0.1) is 5.41 Å². The fourth-order valence-electron chi connectivity index (χ4n) is 1.99. The Morgan fingerprint density at radius 3 is 2.60 bits per heavy atom. The van der Waals surface area contributed by atoms with E-state index in [0.29, 0.717) is 28.1 Å². The molecule has 0 saturated heterocycles. The summed E-state index contributed by atoms with van der Waals surface area (Å²) in [6.07, 6.45) is 3.01. The summed E-state index contributed by atoms with van der Waals surface area (Å²) in [5.41, 5.74) is 6.97. The molecular weight excluding hydrogens is 384 g/mol. The van der Waals surface area contributed by atoms with Crippen LogP contribution < -0.4 is 21.1 Å². The lowest BCUT2D eigenvalue weighted by atomic mass is 10.2. The number of hydrogen-bond acceptors (Lipinski definition) is 5. The van der Waals surface area contributed by atoms with Crippen molar-refractivity contribution in [3.8, 4) is 11.5 Å². The van der Waals surface area contributed by atoms with E-state index >= 15 is 0 Å². The van der Waals surface area contributed by atoms with E-state index in [-0.39, 0.29) is 5.84 Å². The van der Waals surface area contributed by atoms with Gasteiger partial charge in [0.1, 0.15) is 17.3 Å². The van der Waals surface area contributed by atoms with Gasteiger partial charge in [0.2, 0.25) is 0 Å². The Labute approximate surface area is 154 Å². The largest absolute Gasteiger partial charge is 0.457 e. The van der Waals surface area contributed by atoms with Crippen LogP contribution in [-0.4, -0.2) is 18.8 Å².